The molecule has 0 spiro atoms. The molecule has 2 fully saturated rings. The highest BCUT2D eigenvalue weighted by Gasteiger charge is 2.27. The molecule has 2 atom stereocenters. The summed E-state index contributed by atoms with van der Waals surface area (Å²) in [6.07, 6.45) is 8.24. The van der Waals surface area contributed by atoms with Crippen molar-refractivity contribution in [2.45, 2.75) is 69.6 Å². The molecular weight excluding hydrogens is 351 g/mol. The second kappa shape index (κ2) is 9.41. The van der Waals surface area contributed by atoms with Crippen LogP contribution in [0, 0.1) is 5.92 Å². The molecule has 0 aliphatic heterocycles. The summed E-state index contributed by atoms with van der Waals surface area (Å²) in [6, 6.07) is -0.117. The van der Waals surface area contributed by atoms with Crippen molar-refractivity contribution in [2.75, 3.05) is 18.6 Å². The number of amides is 1. The van der Waals surface area contributed by atoms with Gasteiger partial charge in [-0.3, -0.25) is 4.79 Å². The van der Waals surface area contributed by atoms with Gasteiger partial charge < -0.3 is 20.9 Å². The van der Waals surface area contributed by atoms with Crippen LogP contribution in [0.25, 0.3) is 0 Å². The zero-order chi connectivity index (χ0) is 19.2. The topological polar surface area (TPSA) is 110 Å². The van der Waals surface area contributed by atoms with Gasteiger partial charge in [0.05, 0.1) is 30.4 Å². The summed E-state index contributed by atoms with van der Waals surface area (Å²) in [5, 5.41) is 13.2. The number of aliphatic hydroxyl groups is 1. The first kappa shape index (κ1) is 19.9. The highest BCUT2D eigenvalue weighted by Crippen LogP contribution is 2.29. The molecule has 8 heteroatoms. The molecule has 2 saturated carbocycles. The minimum absolute atomic E-state index is 0.117. The van der Waals surface area contributed by atoms with E-state index < -0.39 is 18.7 Å². The fraction of sp³-hybridized carbons (Fsp3) is 0.737. The number of hydrogen-bond acceptors (Lipinski definition) is 6. The number of carbonyl (C=O) groups is 1. The second-order valence-electron chi connectivity index (χ2n) is 7.57. The van der Waals surface area contributed by atoms with E-state index in [1.165, 1.54) is 6.20 Å². The van der Waals surface area contributed by atoms with Gasteiger partial charge >= 0.3 is 0 Å². The van der Waals surface area contributed by atoms with E-state index in [0.717, 1.165) is 51.4 Å². The molecule has 7 nitrogen and oxygen atoms in total. The second-order valence-corrected chi connectivity index (χ2v) is 7.57. The number of ether oxygens (including phenoxy) is 1. The molecule has 0 aromatic carbocycles. The maximum absolute atomic E-state index is 12.2. The van der Waals surface area contributed by atoms with Crippen LogP contribution in [0.2, 0.25) is 0 Å². The van der Waals surface area contributed by atoms with Crippen LogP contribution in [-0.2, 0) is 11.2 Å². The molecule has 4 N–H and O–H groups in total. The first-order valence-corrected chi connectivity index (χ1v) is 9.84. The van der Waals surface area contributed by atoms with Gasteiger partial charge in [-0.15, -0.1) is 0 Å². The summed E-state index contributed by atoms with van der Waals surface area (Å²) in [5.41, 5.74) is 5.70. The zero-order valence-corrected chi connectivity index (χ0v) is 15.6. The van der Waals surface area contributed by atoms with Crippen molar-refractivity contribution < 1.29 is 19.0 Å². The molecule has 0 radical (unpaired) electrons. The molecule has 27 heavy (non-hydrogen) atoms. The smallest absolute Gasteiger partial charge is 0.254 e. The Labute approximate surface area is 158 Å². The first-order chi connectivity index (χ1) is 13.1. The van der Waals surface area contributed by atoms with Crippen molar-refractivity contribution in [2.24, 2.45) is 11.7 Å². The number of hydrogen-bond donors (Lipinski definition) is 3. The SMILES string of the molecule is NC(=O)c1cnc(CC2CCC(OCCF)CC2)nc1NC1CCC[C@@H]1O. The number of nitrogens with zero attached hydrogens (tertiary/aromatic N) is 2. The summed E-state index contributed by atoms with van der Waals surface area (Å²) in [5.74, 6) is 0.947. The lowest BCUT2D eigenvalue weighted by Gasteiger charge is -2.28. The molecule has 1 unspecified atom stereocenters. The van der Waals surface area contributed by atoms with Gasteiger partial charge in [-0.25, -0.2) is 14.4 Å². The van der Waals surface area contributed by atoms with Crippen LogP contribution >= 0.6 is 0 Å². The number of halogens is 1. The number of anilines is 1. The van der Waals surface area contributed by atoms with Crippen molar-refractivity contribution in [1.29, 1.82) is 0 Å². The molecule has 150 valence electrons. The van der Waals surface area contributed by atoms with Gasteiger partial charge in [0.25, 0.3) is 5.91 Å². The number of aromatic nitrogens is 2. The van der Waals surface area contributed by atoms with E-state index in [0.29, 0.717) is 17.6 Å². The third-order valence-electron chi connectivity index (χ3n) is 5.60. The Balaban J connectivity index is 1.62. The van der Waals surface area contributed by atoms with E-state index in [9.17, 15) is 14.3 Å². The van der Waals surface area contributed by atoms with E-state index in [1.54, 1.807) is 0 Å². The number of primary amides is 1. The average molecular weight is 380 g/mol. The Kier molecular flexibility index (Phi) is 6.95. The molecule has 2 aliphatic rings. The molecule has 0 saturated heterocycles. The fourth-order valence-corrected chi connectivity index (χ4v) is 4.06. The van der Waals surface area contributed by atoms with Crippen LogP contribution in [0.3, 0.4) is 0 Å². The van der Waals surface area contributed by atoms with Crippen molar-refractivity contribution in [3.05, 3.63) is 17.6 Å². The highest BCUT2D eigenvalue weighted by molar-refractivity contribution is 5.97. The van der Waals surface area contributed by atoms with Crippen LogP contribution in [0.5, 0.6) is 0 Å². The van der Waals surface area contributed by atoms with E-state index >= 15 is 0 Å². The lowest BCUT2D eigenvalue weighted by Crippen LogP contribution is -2.30. The molecule has 1 aromatic rings. The molecule has 1 amide bonds. The normalized spacial score (nSPS) is 28.2. The van der Waals surface area contributed by atoms with Gasteiger partial charge in [-0.1, -0.05) is 0 Å². The standard InChI is InChI=1S/C19H29FN4O3/c20-8-9-27-13-6-4-12(5-7-13)10-17-22-11-14(18(21)26)19(24-17)23-15-2-1-3-16(15)25/h11-13,15-16,25H,1-10H2,(H2,21,26)(H,22,23,24)/t12?,13?,15?,16-/m0/s1. The Morgan fingerprint density at radius 1 is 1.30 bits per heavy atom. The Morgan fingerprint density at radius 2 is 2.07 bits per heavy atom. The Morgan fingerprint density at radius 3 is 2.70 bits per heavy atom. The maximum atomic E-state index is 12.2. The molecule has 3 rings (SSSR count). The minimum Gasteiger partial charge on any atom is -0.391 e. The molecule has 0 bridgehead atoms. The van der Waals surface area contributed by atoms with E-state index in [-0.39, 0.29) is 24.3 Å². The number of rotatable bonds is 8. The summed E-state index contributed by atoms with van der Waals surface area (Å²) < 4.78 is 17.7. The number of nitrogens with two attached hydrogens (primary N) is 1. The van der Waals surface area contributed by atoms with E-state index in [4.69, 9.17) is 10.5 Å². The monoisotopic (exact) mass is 380 g/mol. The van der Waals surface area contributed by atoms with Crippen LogP contribution in [0.1, 0.15) is 61.1 Å². The lowest BCUT2D eigenvalue weighted by molar-refractivity contribution is 0.0116. The van der Waals surface area contributed by atoms with Gasteiger partial charge in [-0.2, -0.15) is 0 Å². The Hall–Kier alpha value is -1.80. The third kappa shape index (κ3) is 5.35. The first-order valence-electron chi connectivity index (χ1n) is 9.84. The maximum Gasteiger partial charge on any atom is 0.254 e. The predicted molar refractivity (Wildman–Crippen MR) is 99.2 cm³/mol. The molecular formula is C19H29FN4O3. The third-order valence-corrected chi connectivity index (χ3v) is 5.60. The van der Waals surface area contributed by atoms with Crippen LogP contribution in [0.15, 0.2) is 6.20 Å². The van der Waals surface area contributed by atoms with Gasteiger partial charge in [-0.05, 0) is 50.9 Å². The number of carbonyl (C=O) groups excluding carboxylic acids is 1. The van der Waals surface area contributed by atoms with Crippen molar-refractivity contribution in [3.63, 3.8) is 0 Å². The average Bonchev–Trinajstić information content (AvgIpc) is 3.06. The van der Waals surface area contributed by atoms with Gasteiger partial charge in [0.15, 0.2) is 0 Å². The predicted octanol–water partition coefficient (Wildman–Crippen LogP) is 1.99. The van der Waals surface area contributed by atoms with E-state index in [1.807, 2.05) is 0 Å². The summed E-state index contributed by atoms with van der Waals surface area (Å²) in [4.78, 5) is 20.6. The fourth-order valence-electron chi connectivity index (χ4n) is 4.06. The quantitative estimate of drug-likeness (QED) is 0.636. The van der Waals surface area contributed by atoms with Gasteiger partial charge in [0, 0.05) is 12.6 Å². The van der Waals surface area contributed by atoms with Crippen LogP contribution in [-0.4, -0.2) is 52.5 Å². The number of alkyl halides is 1. The van der Waals surface area contributed by atoms with Crippen LogP contribution in [0.4, 0.5) is 10.2 Å². The molecule has 1 aromatic heterocycles. The summed E-state index contributed by atoms with van der Waals surface area (Å²) in [7, 11) is 0. The van der Waals surface area contributed by atoms with Crippen molar-refractivity contribution in [3.8, 4) is 0 Å². The van der Waals surface area contributed by atoms with Gasteiger partial charge in [0.2, 0.25) is 0 Å². The van der Waals surface area contributed by atoms with Gasteiger partial charge in [0.1, 0.15) is 18.3 Å². The number of aliphatic hydroxyl groups excluding tert-OH is 1. The van der Waals surface area contributed by atoms with E-state index in [2.05, 4.69) is 15.3 Å². The minimum atomic E-state index is -0.581. The molecule has 1 heterocycles. The zero-order valence-electron chi connectivity index (χ0n) is 15.6. The highest BCUT2D eigenvalue weighted by atomic mass is 19.1. The molecule has 2 aliphatic carbocycles. The van der Waals surface area contributed by atoms with Crippen molar-refractivity contribution >= 4 is 11.7 Å². The lowest BCUT2D eigenvalue weighted by atomic mass is 9.85. The summed E-state index contributed by atoms with van der Waals surface area (Å²) >= 11 is 0. The number of nitrogens with one attached hydrogen (secondary N) is 1. The largest absolute Gasteiger partial charge is 0.391 e. The van der Waals surface area contributed by atoms with Crippen molar-refractivity contribution in [1.82, 2.24) is 9.97 Å². The Bertz CT molecular complexity index is 637. The summed E-state index contributed by atoms with van der Waals surface area (Å²) in [6.45, 7) is -0.263. The van der Waals surface area contributed by atoms with Crippen LogP contribution < -0.4 is 11.1 Å².